The molecule has 0 N–H and O–H groups in total. The van der Waals surface area contributed by atoms with E-state index in [-0.39, 0.29) is 8.30 Å². The average Bonchev–Trinajstić information content (AvgIpc) is 3.04. The van der Waals surface area contributed by atoms with Crippen molar-refractivity contribution in [2.24, 2.45) is 0 Å². The van der Waals surface area contributed by atoms with Gasteiger partial charge in [-0.05, 0) is 59.3 Å². The molecule has 5 rings (SSSR count). The number of rotatable bonds is 3. The van der Waals surface area contributed by atoms with E-state index in [4.69, 9.17) is 4.52 Å². The molecule has 3 aliphatic heterocycles. The molecule has 24 heavy (non-hydrogen) atoms. The first-order chi connectivity index (χ1) is 11.8. The third kappa shape index (κ3) is 2.22. The molecule has 0 spiro atoms. The van der Waals surface area contributed by atoms with Gasteiger partial charge in [0.25, 0.3) is 0 Å². The Labute approximate surface area is 147 Å². The highest BCUT2D eigenvalue weighted by molar-refractivity contribution is 8.40. The topological polar surface area (TPSA) is 12.5 Å². The summed E-state index contributed by atoms with van der Waals surface area (Å²) < 4.78 is 9.23. The molecule has 2 aromatic carbocycles. The second-order valence-electron chi connectivity index (χ2n) is 7.03. The Bertz CT molecular complexity index is 685. The minimum absolute atomic E-state index is 0.370. The van der Waals surface area contributed by atoms with E-state index in [1.54, 1.807) is 9.79 Å². The third-order valence-corrected chi connectivity index (χ3v) is 11.7. The first-order valence-corrected chi connectivity index (χ1v) is 12.4. The van der Waals surface area contributed by atoms with Gasteiger partial charge >= 0.3 is 0 Å². The maximum Gasteiger partial charge on any atom is 0.101 e. The molecular weight excluding hydrogens is 333 g/mol. The quantitative estimate of drug-likeness (QED) is 0.560. The molecule has 0 amide bonds. The van der Waals surface area contributed by atoms with Crippen molar-refractivity contribution in [3.8, 4) is 0 Å². The van der Waals surface area contributed by atoms with E-state index < -0.39 is 10.0 Å². The molecule has 2 nitrogen and oxygen atoms in total. The van der Waals surface area contributed by atoms with Crippen molar-refractivity contribution < 1.29 is 4.52 Å². The van der Waals surface area contributed by atoms with Crippen molar-refractivity contribution in [3.63, 3.8) is 0 Å². The molecule has 126 valence electrons. The molecule has 4 heteroatoms. The lowest BCUT2D eigenvalue weighted by atomic mass is 10.1. The summed E-state index contributed by atoms with van der Waals surface area (Å²) in [7, 11) is -1.29. The van der Waals surface area contributed by atoms with E-state index in [9.17, 15) is 0 Å². The van der Waals surface area contributed by atoms with Gasteiger partial charge in [0, 0.05) is 17.8 Å². The largest absolute Gasteiger partial charge is 0.338 e. The number of hydrogen-bond acceptors (Lipinski definition) is 2. The Morgan fingerprint density at radius 2 is 1.62 bits per heavy atom. The summed E-state index contributed by atoms with van der Waals surface area (Å²) in [5, 5.41) is 0.695. The fourth-order valence-electron chi connectivity index (χ4n) is 4.63. The van der Waals surface area contributed by atoms with E-state index in [0.717, 1.165) is 0 Å². The van der Waals surface area contributed by atoms with Crippen LogP contribution in [0.5, 0.6) is 0 Å². The minimum atomic E-state index is -0.917. The summed E-state index contributed by atoms with van der Waals surface area (Å²) in [4.78, 5) is 3.09. The molecule has 0 radical (unpaired) electrons. The third-order valence-electron chi connectivity index (χ3n) is 5.81. The van der Waals surface area contributed by atoms with Crippen LogP contribution >= 0.6 is 18.3 Å². The van der Waals surface area contributed by atoms with Crippen molar-refractivity contribution >= 4 is 18.3 Å². The molecule has 4 atom stereocenters. The van der Waals surface area contributed by atoms with Crippen LogP contribution in [0.25, 0.3) is 0 Å². The predicted molar refractivity (Wildman–Crippen MR) is 103 cm³/mol. The second kappa shape index (κ2) is 5.85. The van der Waals surface area contributed by atoms with Crippen LogP contribution in [0.3, 0.4) is 0 Å². The molecule has 0 bridgehead atoms. The Balaban J connectivity index is 1.54. The summed E-state index contributed by atoms with van der Waals surface area (Å²) >= 11 is 0. The van der Waals surface area contributed by atoms with E-state index in [1.165, 1.54) is 25.1 Å². The lowest BCUT2D eigenvalue weighted by molar-refractivity contribution is 0.219. The fourth-order valence-corrected chi connectivity index (χ4v) is 10.9. The van der Waals surface area contributed by atoms with Crippen LogP contribution < -0.4 is 0 Å². The van der Waals surface area contributed by atoms with Gasteiger partial charge in [0.2, 0.25) is 0 Å². The van der Waals surface area contributed by atoms with E-state index >= 15 is 0 Å². The van der Waals surface area contributed by atoms with Crippen LogP contribution in [0, 0.1) is 0 Å². The zero-order valence-electron chi connectivity index (χ0n) is 14.0. The van der Waals surface area contributed by atoms with Gasteiger partial charge in [-0.1, -0.05) is 36.4 Å². The van der Waals surface area contributed by atoms with Crippen molar-refractivity contribution in [3.05, 3.63) is 60.7 Å². The summed E-state index contributed by atoms with van der Waals surface area (Å²) in [6.45, 7) is 3.55. The van der Waals surface area contributed by atoms with Gasteiger partial charge in [-0.25, -0.2) is 0 Å². The standard InChI is InChI=1S/C20H24NOPS/c1-23-21-14-8-13-18(21)20(22-23)19-15-24(19,16-9-4-2-5-10-16)17-11-6-3-7-12-17/h2-7,9-12,18-20H,8,13-15H2,1H3/t18-,19?,20-,23?/m1/s1. The maximum absolute atomic E-state index is 6.56. The Hall–Kier alpha value is -0.860. The van der Waals surface area contributed by atoms with Gasteiger partial charge in [-0.3, -0.25) is 4.67 Å². The highest BCUT2D eigenvalue weighted by Gasteiger charge is 2.61. The van der Waals surface area contributed by atoms with Crippen LogP contribution in [0.15, 0.2) is 70.5 Å². The lowest BCUT2D eigenvalue weighted by Gasteiger charge is -2.27. The van der Waals surface area contributed by atoms with E-state index in [2.05, 4.69) is 72.0 Å². The van der Waals surface area contributed by atoms with Crippen LogP contribution in [0.1, 0.15) is 12.8 Å². The number of nitrogens with zero attached hydrogens (tertiary/aromatic N) is 1. The lowest BCUT2D eigenvalue weighted by Crippen LogP contribution is -2.32. The summed E-state index contributed by atoms with van der Waals surface area (Å²) in [6.07, 6.45) is 3.12. The van der Waals surface area contributed by atoms with E-state index in [0.29, 0.717) is 17.4 Å². The van der Waals surface area contributed by atoms with Crippen molar-refractivity contribution in [2.45, 2.75) is 40.0 Å². The summed E-state index contributed by atoms with van der Waals surface area (Å²) in [5.74, 6) is 1.30. The smallest absolute Gasteiger partial charge is 0.101 e. The fraction of sp³-hybridized carbons (Fsp3) is 0.400. The van der Waals surface area contributed by atoms with Crippen LogP contribution in [-0.4, -0.2) is 41.0 Å². The molecule has 3 aliphatic rings. The molecule has 0 aliphatic carbocycles. The van der Waals surface area contributed by atoms with Gasteiger partial charge in [0.05, 0.1) is 6.10 Å². The van der Waals surface area contributed by atoms with Crippen molar-refractivity contribution in [1.82, 2.24) is 4.67 Å². The first kappa shape index (κ1) is 15.4. The predicted octanol–water partition coefficient (Wildman–Crippen LogP) is 5.10. The zero-order valence-corrected chi connectivity index (χ0v) is 15.8. The van der Waals surface area contributed by atoms with Gasteiger partial charge in [-0.15, -0.1) is 0 Å². The Kier molecular flexibility index (Phi) is 3.75. The average molecular weight is 357 g/mol. The molecular formula is C20H24NOPS. The highest BCUT2D eigenvalue weighted by Crippen LogP contribution is 2.81. The molecule has 3 heterocycles. The van der Waals surface area contributed by atoms with Crippen LogP contribution in [0.2, 0.25) is 0 Å². The van der Waals surface area contributed by atoms with Gasteiger partial charge in [-0.2, -0.15) is 10.0 Å². The van der Waals surface area contributed by atoms with Gasteiger partial charge in [0.15, 0.2) is 0 Å². The Morgan fingerprint density at radius 3 is 2.25 bits per heavy atom. The molecule has 3 fully saturated rings. The molecule has 0 aromatic heterocycles. The highest BCUT2D eigenvalue weighted by atomic mass is 32.3. The molecule has 3 saturated heterocycles. The van der Waals surface area contributed by atoms with Crippen molar-refractivity contribution in [1.29, 1.82) is 0 Å². The Morgan fingerprint density at radius 1 is 1.00 bits per heavy atom. The molecule has 0 saturated carbocycles. The van der Waals surface area contributed by atoms with E-state index in [1.807, 2.05) is 0 Å². The molecule has 2 unspecified atom stereocenters. The number of benzene rings is 2. The van der Waals surface area contributed by atoms with Crippen LogP contribution in [-0.2, 0) is 4.52 Å². The summed E-state index contributed by atoms with van der Waals surface area (Å²) in [6, 6.07) is 23.1. The van der Waals surface area contributed by atoms with Crippen LogP contribution in [0.4, 0.5) is 0 Å². The van der Waals surface area contributed by atoms with Gasteiger partial charge < -0.3 is 4.52 Å². The SMILES string of the molecule is CP1O[C@@H](C2CS2(c2ccccc2)c2ccccc2)[C@H]2CCCN21. The summed E-state index contributed by atoms with van der Waals surface area (Å²) in [5.41, 5.74) is 0. The van der Waals surface area contributed by atoms with Gasteiger partial charge in [0.1, 0.15) is 8.30 Å². The normalized spacial score (nSPS) is 35.5. The second-order valence-corrected chi connectivity index (χ2v) is 12.2. The molecule has 2 aromatic rings. The zero-order chi connectivity index (χ0) is 16.1. The first-order valence-electron chi connectivity index (χ1n) is 8.88. The number of fused-ring (bicyclic) bond motifs is 1. The van der Waals surface area contributed by atoms with Crippen molar-refractivity contribution in [2.75, 3.05) is 19.0 Å². The monoisotopic (exact) mass is 357 g/mol. The number of hydrogen-bond donors (Lipinski definition) is 0. The maximum atomic E-state index is 6.56. The minimum Gasteiger partial charge on any atom is -0.338 e.